The second kappa shape index (κ2) is 10.1. The van der Waals surface area contributed by atoms with Crippen LogP contribution in [0.1, 0.15) is 10.5 Å². The van der Waals surface area contributed by atoms with E-state index in [1.165, 1.54) is 59.8 Å². The number of nitrogens with zero attached hydrogens (tertiary/aromatic N) is 5. The minimum Gasteiger partial charge on any atom is -0.422 e. The van der Waals surface area contributed by atoms with Crippen LogP contribution < -0.4 is 21.2 Å². The zero-order chi connectivity index (χ0) is 24.9. The van der Waals surface area contributed by atoms with Crippen LogP contribution in [0.2, 0.25) is 5.02 Å². The van der Waals surface area contributed by atoms with Gasteiger partial charge in [0.15, 0.2) is 11.4 Å². The number of hydrogen-bond donors (Lipinski definition) is 2. The number of rotatable bonds is 7. The molecule has 3 aromatic heterocycles. The monoisotopic (exact) mass is 493 g/mol. The van der Waals surface area contributed by atoms with Crippen molar-refractivity contribution in [2.24, 2.45) is 0 Å². The number of aromatic nitrogens is 5. The molecular formula is C23H17ClFN7O3. The molecule has 4 aromatic rings. The quantitative estimate of drug-likeness (QED) is 0.372. The zero-order valence-electron chi connectivity index (χ0n) is 18.0. The highest BCUT2D eigenvalue weighted by Crippen LogP contribution is 2.30. The zero-order valence-corrected chi connectivity index (χ0v) is 18.7. The fourth-order valence-electron chi connectivity index (χ4n) is 2.99. The van der Waals surface area contributed by atoms with Gasteiger partial charge in [0, 0.05) is 24.0 Å². The van der Waals surface area contributed by atoms with E-state index in [1.807, 2.05) is 0 Å². The number of benzene rings is 1. The number of hydrogen-bond acceptors (Lipinski definition) is 8. The van der Waals surface area contributed by atoms with Crippen molar-refractivity contribution in [1.82, 2.24) is 24.7 Å². The van der Waals surface area contributed by atoms with Crippen LogP contribution in [0.25, 0.3) is 11.1 Å². The van der Waals surface area contributed by atoms with E-state index < -0.39 is 17.2 Å². The molecule has 35 heavy (non-hydrogen) atoms. The SMILES string of the molecule is C=CCn1cc(-c2ccc(F)cc2)c(=O)c(C(=O)Nc2cnc(Oc3ccnc(N)c3Cl)nc2)n1. The number of ether oxygens (including phenoxy) is 1. The van der Waals surface area contributed by atoms with E-state index in [1.54, 1.807) is 6.08 Å². The number of amides is 1. The van der Waals surface area contributed by atoms with Crippen LogP contribution in [0.3, 0.4) is 0 Å². The van der Waals surface area contributed by atoms with E-state index in [0.29, 0.717) is 5.56 Å². The van der Waals surface area contributed by atoms with Gasteiger partial charge in [-0.2, -0.15) is 5.10 Å². The highest BCUT2D eigenvalue weighted by Gasteiger charge is 2.19. The normalized spacial score (nSPS) is 10.6. The van der Waals surface area contributed by atoms with Gasteiger partial charge in [-0.15, -0.1) is 6.58 Å². The molecule has 12 heteroatoms. The summed E-state index contributed by atoms with van der Waals surface area (Å²) in [6.07, 6.45) is 7.01. The summed E-state index contributed by atoms with van der Waals surface area (Å²) in [6, 6.07) is 6.77. The van der Waals surface area contributed by atoms with Crippen molar-refractivity contribution >= 4 is 29.0 Å². The van der Waals surface area contributed by atoms with E-state index in [0.717, 1.165) is 0 Å². The van der Waals surface area contributed by atoms with Gasteiger partial charge in [0.2, 0.25) is 5.43 Å². The van der Waals surface area contributed by atoms with Crippen LogP contribution in [0.5, 0.6) is 11.8 Å². The van der Waals surface area contributed by atoms with E-state index in [2.05, 4.69) is 31.9 Å². The van der Waals surface area contributed by atoms with Crippen molar-refractivity contribution in [3.63, 3.8) is 0 Å². The van der Waals surface area contributed by atoms with Crippen molar-refractivity contribution in [2.75, 3.05) is 11.1 Å². The average Bonchev–Trinajstić information content (AvgIpc) is 2.85. The van der Waals surface area contributed by atoms with Gasteiger partial charge < -0.3 is 15.8 Å². The molecule has 1 aromatic carbocycles. The van der Waals surface area contributed by atoms with Crippen LogP contribution in [0.15, 0.2) is 72.6 Å². The van der Waals surface area contributed by atoms with Gasteiger partial charge in [0.1, 0.15) is 16.7 Å². The van der Waals surface area contributed by atoms with Gasteiger partial charge in [-0.3, -0.25) is 14.3 Å². The number of carbonyl (C=O) groups excluding carboxylic acids is 1. The summed E-state index contributed by atoms with van der Waals surface area (Å²) in [4.78, 5) is 37.8. The Kier molecular flexibility index (Phi) is 6.78. The highest BCUT2D eigenvalue weighted by atomic mass is 35.5. The first-order valence-electron chi connectivity index (χ1n) is 10.1. The molecule has 4 rings (SSSR count). The summed E-state index contributed by atoms with van der Waals surface area (Å²) in [5.74, 6) is -0.931. The van der Waals surface area contributed by atoms with Crippen molar-refractivity contribution in [2.45, 2.75) is 6.54 Å². The molecule has 1 amide bonds. The molecule has 0 fully saturated rings. The lowest BCUT2D eigenvalue weighted by Crippen LogP contribution is -2.27. The van der Waals surface area contributed by atoms with Crippen molar-refractivity contribution in [3.05, 3.63) is 94.5 Å². The summed E-state index contributed by atoms with van der Waals surface area (Å²) in [7, 11) is 0. The number of pyridine rings is 1. The third kappa shape index (κ3) is 5.31. The Balaban J connectivity index is 1.58. The van der Waals surface area contributed by atoms with Gasteiger partial charge >= 0.3 is 6.01 Å². The minimum absolute atomic E-state index is 0.0553. The Labute approximate surface area is 202 Å². The maximum absolute atomic E-state index is 13.3. The Hall–Kier alpha value is -4.64. The fraction of sp³-hybridized carbons (Fsp3) is 0.0435. The molecule has 0 spiro atoms. The lowest BCUT2D eigenvalue weighted by Gasteiger charge is -2.10. The third-order valence-electron chi connectivity index (χ3n) is 4.62. The van der Waals surface area contributed by atoms with Gasteiger partial charge in [-0.05, 0) is 17.7 Å². The number of allylic oxidation sites excluding steroid dienone is 1. The predicted octanol–water partition coefficient (Wildman–Crippen LogP) is 3.70. The van der Waals surface area contributed by atoms with Crippen molar-refractivity contribution < 1.29 is 13.9 Å². The molecule has 0 aliphatic rings. The number of carbonyl (C=O) groups is 1. The second-order valence-electron chi connectivity index (χ2n) is 7.06. The molecular weight excluding hydrogens is 477 g/mol. The highest BCUT2D eigenvalue weighted by molar-refractivity contribution is 6.34. The number of anilines is 2. The second-order valence-corrected chi connectivity index (χ2v) is 7.43. The van der Waals surface area contributed by atoms with Crippen LogP contribution in [0.4, 0.5) is 15.9 Å². The summed E-state index contributed by atoms with van der Waals surface area (Å²) >= 11 is 6.04. The van der Waals surface area contributed by atoms with Gasteiger partial charge in [-0.1, -0.05) is 29.8 Å². The Morgan fingerprint density at radius 2 is 1.91 bits per heavy atom. The average molecular weight is 494 g/mol. The summed E-state index contributed by atoms with van der Waals surface area (Å²) < 4.78 is 20.2. The summed E-state index contributed by atoms with van der Waals surface area (Å²) in [5, 5.41) is 6.74. The standard InChI is InChI=1S/C23H17ClFN7O3/c1-2-9-32-12-16(13-3-5-14(25)6-4-13)20(33)19(31-32)22(34)30-15-10-28-23(29-11-15)35-17-7-8-27-21(26)18(17)24/h2-8,10-12H,1,9H2,(H2,26,27)(H,30,34). The smallest absolute Gasteiger partial charge is 0.322 e. The molecule has 0 aliphatic carbocycles. The Morgan fingerprint density at radius 3 is 2.60 bits per heavy atom. The maximum atomic E-state index is 13.3. The first kappa shape index (κ1) is 23.5. The predicted molar refractivity (Wildman–Crippen MR) is 128 cm³/mol. The molecule has 0 saturated heterocycles. The molecule has 0 aliphatic heterocycles. The van der Waals surface area contributed by atoms with Crippen molar-refractivity contribution in [3.8, 4) is 22.9 Å². The summed E-state index contributed by atoms with van der Waals surface area (Å²) in [5.41, 5.74) is 5.45. The van der Waals surface area contributed by atoms with E-state index >= 15 is 0 Å². The number of halogens is 2. The molecule has 0 unspecified atom stereocenters. The molecule has 3 heterocycles. The van der Waals surface area contributed by atoms with Crippen LogP contribution in [-0.2, 0) is 6.54 Å². The van der Waals surface area contributed by atoms with Crippen LogP contribution >= 0.6 is 11.6 Å². The topological polar surface area (TPSA) is 138 Å². The largest absolute Gasteiger partial charge is 0.422 e. The molecule has 0 bridgehead atoms. The molecule has 0 saturated carbocycles. The van der Waals surface area contributed by atoms with Gasteiger partial charge in [-0.25, -0.2) is 19.3 Å². The third-order valence-corrected chi connectivity index (χ3v) is 5.00. The minimum atomic E-state index is -0.779. The van der Waals surface area contributed by atoms with Gasteiger partial charge in [0.05, 0.1) is 24.6 Å². The lowest BCUT2D eigenvalue weighted by atomic mass is 10.1. The number of nitrogens with one attached hydrogen (secondary N) is 1. The Bertz CT molecular complexity index is 1460. The number of nitrogens with two attached hydrogens (primary N) is 1. The van der Waals surface area contributed by atoms with E-state index in [9.17, 15) is 14.0 Å². The van der Waals surface area contributed by atoms with E-state index in [4.69, 9.17) is 22.1 Å². The molecule has 3 N–H and O–H groups in total. The molecule has 0 atom stereocenters. The van der Waals surface area contributed by atoms with Crippen molar-refractivity contribution in [1.29, 1.82) is 0 Å². The first-order chi connectivity index (χ1) is 16.9. The molecule has 176 valence electrons. The number of nitrogen functional groups attached to an aromatic ring is 1. The molecule has 0 radical (unpaired) electrons. The van der Waals surface area contributed by atoms with Crippen LogP contribution in [-0.4, -0.2) is 30.6 Å². The first-order valence-corrected chi connectivity index (χ1v) is 10.4. The Morgan fingerprint density at radius 1 is 1.20 bits per heavy atom. The summed E-state index contributed by atoms with van der Waals surface area (Å²) in [6.45, 7) is 3.89. The maximum Gasteiger partial charge on any atom is 0.322 e. The van der Waals surface area contributed by atoms with Gasteiger partial charge in [0.25, 0.3) is 5.91 Å². The lowest BCUT2D eigenvalue weighted by molar-refractivity contribution is 0.101. The van der Waals surface area contributed by atoms with E-state index in [-0.39, 0.29) is 46.1 Å². The fourth-order valence-corrected chi connectivity index (χ4v) is 3.14. The van der Waals surface area contributed by atoms with Crippen LogP contribution in [0, 0.1) is 5.82 Å². The molecule has 10 nitrogen and oxygen atoms in total.